The van der Waals surface area contributed by atoms with Gasteiger partial charge in [0, 0.05) is 6.08 Å². The summed E-state index contributed by atoms with van der Waals surface area (Å²) in [6, 6.07) is 36.7. The summed E-state index contributed by atoms with van der Waals surface area (Å²) in [6.45, 7) is 54.8. The molecule has 9 rings (SSSR count). The Kier molecular flexibility index (Phi) is 15.7. The second kappa shape index (κ2) is 20.8. The first-order chi connectivity index (χ1) is 37.1. The first-order valence-corrected chi connectivity index (χ1v) is 29.5. The fourth-order valence-corrected chi connectivity index (χ4v) is 10.9. The summed E-state index contributed by atoms with van der Waals surface area (Å²) in [5.41, 5.74) is 22.0. The average Bonchev–Trinajstić information content (AvgIpc) is 4.27. The number of aliphatic hydroxyl groups excluding tert-OH is 1. The van der Waals surface area contributed by atoms with Gasteiger partial charge in [-0.25, -0.2) is 9.97 Å². The second-order valence-electron chi connectivity index (χ2n) is 31.7. The van der Waals surface area contributed by atoms with Crippen molar-refractivity contribution in [1.82, 2.24) is 19.9 Å². The summed E-state index contributed by atoms with van der Waals surface area (Å²) < 4.78 is 0. The van der Waals surface area contributed by atoms with Crippen LogP contribution in [-0.2, 0) is 60.4 Å². The minimum atomic E-state index is -0.180. The van der Waals surface area contributed by atoms with E-state index in [9.17, 15) is 5.11 Å². The van der Waals surface area contributed by atoms with Crippen molar-refractivity contribution in [1.29, 1.82) is 0 Å². The van der Waals surface area contributed by atoms with Gasteiger partial charge in [0.15, 0.2) is 0 Å². The van der Waals surface area contributed by atoms with E-state index in [1.807, 2.05) is 6.08 Å². The van der Waals surface area contributed by atoms with E-state index >= 15 is 0 Å². The number of fused-ring (bicyclic) bond motifs is 8. The quantitative estimate of drug-likeness (QED) is 0.178. The van der Waals surface area contributed by atoms with E-state index in [0.717, 1.165) is 78.0 Å². The van der Waals surface area contributed by atoms with Crippen LogP contribution in [0.3, 0.4) is 0 Å². The van der Waals surface area contributed by atoms with E-state index in [2.05, 4.69) is 275 Å². The zero-order chi connectivity index (χ0) is 59.7. The van der Waals surface area contributed by atoms with E-state index in [4.69, 9.17) is 19.9 Å². The molecule has 8 bridgehead atoms. The molecule has 1 N–H and O–H groups in total. The van der Waals surface area contributed by atoms with Gasteiger partial charge in [0.2, 0.25) is 0 Å². The number of hydrogen-bond acceptors (Lipinski definition) is 3. The summed E-state index contributed by atoms with van der Waals surface area (Å²) in [6.07, 6.45) is 6.24. The van der Waals surface area contributed by atoms with Gasteiger partial charge in [-0.3, -0.25) is 0 Å². The van der Waals surface area contributed by atoms with E-state index in [1.54, 1.807) is 0 Å². The molecule has 4 aromatic carbocycles. The number of hydrogen-bond donors (Lipinski definition) is 1. The Hall–Kier alpha value is -6.20. The molecule has 7 aromatic rings. The van der Waals surface area contributed by atoms with E-state index in [-0.39, 0.29) is 66.1 Å². The third kappa shape index (κ3) is 12.5. The maximum absolute atomic E-state index is 12.9. The van der Waals surface area contributed by atoms with Crippen molar-refractivity contribution in [3.8, 4) is 44.5 Å². The molecule has 0 spiro atoms. The smallest absolute Gasteiger partial charge is 0.657 e. The van der Waals surface area contributed by atoms with Crippen LogP contribution in [0.5, 0.6) is 0 Å². The van der Waals surface area contributed by atoms with Gasteiger partial charge in [-0.2, -0.15) is 0 Å². The molecular weight excluding hydrogens is 1050 g/mol. The van der Waals surface area contributed by atoms with Crippen molar-refractivity contribution in [2.75, 3.05) is 0 Å². The maximum atomic E-state index is 12.9. The predicted octanol–water partition coefficient (Wildman–Crippen LogP) is 20.8. The largest absolute Gasteiger partial charge is 2.00 e. The van der Waals surface area contributed by atoms with Gasteiger partial charge in [-0.05, 0) is 144 Å². The van der Waals surface area contributed by atoms with Crippen molar-refractivity contribution in [3.63, 3.8) is 0 Å². The summed E-state index contributed by atoms with van der Waals surface area (Å²) in [5.74, 6) is 0.0828. The molecule has 0 fully saturated rings. The van der Waals surface area contributed by atoms with Gasteiger partial charge < -0.3 is 15.1 Å². The van der Waals surface area contributed by atoms with Crippen molar-refractivity contribution in [3.05, 3.63) is 164 Å². The first-order valence-electron chi connectivity index (χ1n) is 29.5. The van der Waals surface area contributed by atoms with E-state index < -0.39 is 0 Å². The fourth-order valence-electron chi connectivity index (χ4n) is 10.9. The van der Waals surface area contributed by atoms with Crippen LogP contribution in [0.2, 0.25) is 0 Å². The van der Waals surface area contributed by atoms with Gasteiger partial charge >= 0.3 is 17.1 Å². The van der Waals surface area contributed by atoms with Crippen molar-refractivity contribution < 1.29 is 22.2 Å². The Balaban J connectivity index is 0.00000880. The van der Waals surface area contributed by atoms with Gasteiger partial charge in [0.05, 0.1) is 17.1 Å². The molecule has 0 atom stereocenters. The molecule has 2 aliphatic heterocycles. The van der Waals surface area contributed by atoms with Crippen LogP contribution in [0.1, 0.15) is 233 Å². The molecule has 0 saturated heterocycles. The molecule has 6 heteroatoms. The SMILES string of the molecule is CC(C)(C)c1cc(-c2c3nc(c(-c4cc(C(C)(C)C)cc(C(C)(C)C)c4)c4ccc([n-]4)c(-c4cc(C(C)(C)C)cc(C(C)(C)C)c4)c4nc(c(-c5cc(C(C)(C)C)cc(C(C)(C)C)c5)c5ccc2[n-]5)C=C4O)C=C3)cc(C(C)(C)C)c1.[Cu+2]. The zero-order valence-electron chi connectivity index (χ0n) is 54.0. The first kappa shape index (κ1) is 61.9. The molecule has 3 aromatic heterocycles. The van der Waals surface area contributed by atoms with Crippen molar-refractivity contribution >= 4 is 46.1 Å². The summed E-state index contributed by atoms with van der Waals surface area (Å²) in [4.78, 5) is 23.0. The number of benzene rings is 4. The monoisotopic (exact) mass is 1140 g/mol. The Bertz CT molecular complexity index is 3760. The van der Waals surface area contributed by atoms with Crippen LogP contribution in [0.25, 0.3) is 90.6 Å². The normalized spacial score (nSPS) is 13.8. The van der Waals surface area contributed by atoms with Crippen LogP contribution < -0.4 is 9.97 Å². The molecule has 433 valence electrons. The van der Waals surface area contributed by atoms with E-state index in [0.29, 0.717) is 11.4 Å². The van der Waals surface area contributed by atoms with Gasteiger partial charge in [-0.1, -0.05) is 263 Å². The summed E-state index contributed by atoms with van der Waals surface area (Å²) >= 11 is 0. The Morgan fingerprint density at radius 3 is 0.756 bits per heavy atom. The maximum Gasteiger partial charge on any atom is 2.00 e. The predicted molar refractivity (Wildman–Crippen MR) is 350 cm³/mol. The molecule has 82 heavy (non-hydrogen) atoms. The van der Waals surface area contributed by atoms with E-state index in [1.165, 1.54) is 44.5 Å². The van der Waals surface area contributed by atoms with Gasteiger partial charge in [0.1, 0.15) is 11.5 Å². The molecular formula is C76H92CuN4O. The molecule has 1 radical (unpaired) electrons. The van der Waals surface area contributed by atoms with Crippen molar-refractivity contribution in [2.45, 2.75) is 209 Å². The molecule has 5 heterocycles. The Morgan fingerprint density at radius 1 is 0.293 bits per heavy atom. The van der Waals surface area contributed by atoms with Crippen LogP contribution in [0.4, 0.5) is 0 Å². The number of aromatic nitrogens is 4. The fraction of sp³-hybridized carbons (Fsp3) is 0.421. The minimum Gasteiger partial charge on any atom is -0.657 e. The molecule has 0 saturated carbocycles. The summed E-state index contributed by atoms with van der Waals surface area (Å²) in [5, 5.41) is 12.9. The topological polar surface area (TPSA) is 74.2 Å². The zero-order valence-corrected chi connectivity index (χ0v) is 54.9. The molecule has 0 amide bonds. The van der Waals surface area contributed by atoms with Crippen LogP contribution in [0, 0.1) is 0 Å². The van der Waals surface area contributed by atoms with Crippen LogP contribution >= 0.6 is 0 Å². The standard InChI is InChI=1S/C76H92N4O.Cu/c1-69(2,3)48-31-44(32-49(39-48)70(4,5)6)64-56-25-26-57(77-56)65(45-33-50(71(7,8)9)40-51(34-45)72(10,11)12)59-29-30-61(79-59)67(47-37-54(75(19,20)21)42-55(38-47)76(22,23)24)68-63(81)43-62(80-68)66(60-28-27-58(64)78-60)46-35-52(73(13,14)15)41-53(36-46)74(16,17)18;/h25-43H,1-24H3,(H-2,77,78,79,80,81);/q-2;+2. The number of rotatable bonds is 4. The van der Waals surface area contributed by atoms with Crippen LogP contribution in [-0.4, -0.2) is 15.1 Å². The van der Waals surface area contributed by atoms with Gasteiger partial charge in [0.25, 0.3) is 0 Å². The third-order valence-corrected chi connectivity index (χ3v) is 16.5. The molecule has 0 unspecified atom stereocenters. The Morgan fingerprint density at radius 2 is 0.512 bits per heavy atom. The molecule has 5 nitrogen and oxygen atoms in total. The Labute approximate surface area is 503 Å². The van der Waals surface area contributed by atoms with Crippen LogP contribution in [0.15, 0.2) is 97.1 Å². The third-order valence-electron chi connectivity index (χ3n) is 16.5. The average molecular weight is 1140 g/mol. The molecule has 0 aliphatic carbocycles. The van der Waals surface area contributed by atoms with Gasteiger partial charge in [-0.15, -0.1) is 22.1 Å². The van der Waals surface area contributed by atoms with Crippen molar-refractivity contribution in [2.24, 2.45) is 0 Å². The second-order valence-corrected chi connectivity index (χ2v) is 31.7. The number of nitrogens with zero attached hydrogens (tertiary/aromatic N) is 4. The minimum absolute atomic E-state index is 0. The molecule has 2 aliphatic rings. The number of aliphatic hydroxyl groups is 1. The summed E-state index contributed by atoms with van der Waals surface area (Å²) in [7, 11) is 0.